The van der Waals surface area contributed by atoms with Crippen molar-refractivity contribution < 1.29 is 4.42 Å². The second kappa shape index (κ2) is 14.1. The summed E-state index contributed by atoms with van der Waals surface area (Å²) in [5.74, 6) is 0.740. The van der Waals surface area contributed by atoms with E-state index in [4.69, 9.17) is 4.42 Å². The van der Waals surface area contributed by atoms with E-state index < -0.39 is 0 Å². The fourth-order valence-corrected chi connectivity index (χ4v) is 10.2. The number of hydrogen-bond donors (Lipinski definition) is 0. The van der Waals surface area contributed by atoms with E-state index in [1.165, 1.54) is 60.9 Å². The van der Waals surface area contributed by atoms with Gasteiger partial charge in [-0.25, -0.2) is 0 Å². The van der Waals surface area contributed by atoms with Gasteiger partial charge < -0.3 is 8.98 Å². The molecular formula is C59H45NO. The highest BCUT2D eigenvalue weighted by molar-refractivity contribution is 6.12. The van der Waals surface area contributed by atoms with Gasteiger partial charge in [-0.2, -0.15) is 0 Å². The maximum Gasteiger partial charge on any atom is 0.135 e. The third-order valence-corrected chi connectivity index (χ3v) is 13.4. The van der Waals surface area contributed by atoms with Crippen LogP contribution in [0.1, 0.15) is 53.0 Å². The van der Waals surface area contributed by atoms with E-state index in [-0.39, 0.29) is 5.41 Å². The van der Waals surface area contributed by atoms with Crippen LogP contribution in [0.4, 0.5) is 0 Å². The first-order valence-corrected chi connectivity index (χ1v) is 21.2. The van der Waals surface area contributed by atoms with Gasteiger partial charge >= 0.3 is 0 Å². The minimum Gasteiger partial charge on any atom is -0.456 e. The number of nitrogens with zero attached hydrogens (tertiary/aromatic N) is 1. The second-order valence-electron chi connectivity index (χ2n) is 17.0. The molecule has 2 heterocycles. The molecule has 2 aliphatic carbocycles. The van der Waals surface area contributed by atoms with Crippen molar-refractivity contribution >= 4 is 50.5 Å². The molecular weight excluding hydrogens is 739 g/mol. The van der Waals surface area contributed by atoms with Crippen molar-refractivity contribution in [1.82, 2.24) is 4.57 Å². The van der Waals surface area contributed by atoms with Crippen LogP contribution in [0.2, 0.25) is 0 Å². The Kier molecular flexibility index (Phi) is 8.47. The van der Waals surface area contributed by atoms with E-state index in [1.807, 2.05) is 12.2 Å². The molecule has 2 aromatic heterocycles. The number of benzene rings is 7. The van der Waals surface area contributed by atoms with Crippen LogP contribution >= 0.6 is 0 Å². The molecule has 0 saturated heterocycles. The van der Waals surface area contributed by atoms with E-state index in [2.05, 4.69) is 196 Å². The SMILES string of the molecule is C=C/C=C(\C=C1/Cc2ccccc2C1(C)C)c1ccc2c(c1)c1cc(-c3ccc4oc(C=C)c(C=C)c4c3)ccc1n2-c1ccc(-c2cccc3c2Cc2ccccc2-3)cc1. The number of hydrogen-bond acceptors (Lipinski definition) is 1. The predicted octanol–water partition coefficient (Wildman–Crippen LogP) is 15.8. The van der Waals surface area contributed by atoms with Crippen molar-refractivity contribution in [2.75, 3.05) is 0 Å². The molecule has 0 atom stereocenters. The summed E-state index contributed by atoms with van der Waals surface area (Å²) in [6.45, 7) is 16.9. The average Bonchev–Trinajstić information content (AvgIpc) is 4.02. The highest BCUT2D eigenvalue weighted by Crippen LogP contribution is 2.45. The standard InChI is InChI=1S/C59H45NO/c1-6-14-38(31-44-32-43-16-10-12-20-54(43)59(44,4)5)39-23-28-55-51(33-39)52-34-40(41-25-30-58-53(35-41)46(7-2)57(8-3)61-58)24-29-56(52)60(55)45-26-21-37(22-27-45)47-18-13-19-49-48-17-11-9-15-42(48)36-50(47)49/h6-31,33-35H,1-3,32,36H2,4-5H3/b38-14+,44-31+. The van der Waals surface area contributed by atoms with Gasteiger partial charge in [0.05, 0.1) is 11.0 Å². The average molecular weight is 784 g/mol. The first-order chi connectivity index (χ1) is 29.8. The smallest absolute Gasteiger partial charge is 0.135 e. The molecule has 9 aromatic rings. The Morgan fingerprint density at radius 3 is 2.05 bits per heavy atom. The van der Waals surface area contributed by atoms with E-state index in [0.29, 0.717) is 0 Å². The number of aromatic nitrogens is 1. The lowest BCUT2D eigenvalue weighted by atomic mass is 9.81. The molecule has 0 amide bonds. The van der Waals surface area contributed by atoms with Gasteiger partial charge in [-0.3, -0.25) is 0 Å². The molecule has 0 radical (unpaired) electrons. The molecule has 7 aromatic carbocycles. The first kappa shape index (κ1) is 36.6. The van der Waals surface area contributed by atoms with Gasteiger partial charge in [0.2, 0.25) is 0 Å². The largest absolute Gasteiger partial charge is 0.456 e. The van der Waals surface area contributed by atoms with Gasteiger partial charge in [-0.05, 0) is 134 Å². The van der Waals surface area contributed by atoms with E-state index >= 15 is 0 Å². The molecule has 2 nitrogen and oxygen atoms in total. The van der Waals surface area contributed by atoms with Crippen LogP contribution in [-0.2, 0) is 18.3 Å². The zero-order valence-corrected chi connectivity index (χ0v) is 34.6. The van der Waals surface area contributed by atoms with Gasteiger partial charge in [0.15, 0.2) is 0 Å². The zero-order chi connectivity index (χ0) is 41.4. The molecule has 0 fully saturated rings. The minimum atomic E-state index is -0.0597. The predicted molar refractivity (Wildman–Crippen MR) is 259 cm³/mol. The fourth-order valence-electron chi connectivity index (χ4n) is 10.2. The Morgan fingerprint density at radius 1 is 0.607 bits per heavy atom. The molecule has 11 rings (SSSR count). The van der Waals surface area contributed by atoms with Crippen molar-refractivity contribution in [3.8, 4) is 39.1 Å². The fraction of sp³-hybridized carbons (Fsp3) is 0.0847. The molecule has 2 heteroatoms. The molecule has 0 saturated carbocycles. The highest BCUT2D eigenvalue weighted by Gasteiger charge is 2.34. The molecule has 292 valence electrons. The number of furan rings is 1. The molecule has 61 heavy (non-hydrogen) atoms. The van der Waals surface area contributed by atoms with Crippen LogP contribution in [0.25, 0.3) is 89.6 Å². The van der Waals surface area contributed by atoms with Crippen molar-refractivity contribution in [3.05, 3.63) is 228 Å². The van der Waals surface area contributed by atoms with Crippen molar-refractivity contribution in [1.29, 1.82) is 0 Å². The summed E-state index contributed by atoms with van der Waals surface area (Å²) in [7, 11) is 0. The Labute approximate surface area is 357 Å². The summed E-state index contributed by atoms with van der Waals surface area (Å²) in [5.41, 5.74) is 22.0. The summed E-state index contributed by atoms with van der Waals surface area (Å²) in [4.78, 5) is 0. The summed E-state index contributed by atoms with van der Waals surface area (Å²) in [6.07, 6.45) is 12.0. The Bertz CT molecular complexity index is 3370. The number of rotatable bonds is 8. The van der Waals surface area contributed by atoms with Crippen LogP contribution in [0.3, 0.4) is 0 Å². The van der Waals surface area contributed by atoms with E-state index in [1.54, 1.807) is 6.08 Å². The van der Waals surface area contributed by atoms with Crippen LogP contribution < -0.4 is 0 Å². The van der Waals surface area contributed by atoms with Gasteiger partial charge in [-0.15, -0.1) is 0 Å². The summed E-state index contributed by atoms with van der Waals surface area (Å²) < 4.78 is 8.53. The molecule has 0 bridgehead atoms. The van der Waals surface area contributed by atoms with Gasteiger partial charge in [0.1, 0.15) is 11.3 Å². The molecule has 2 aliphatic rings. The van der Waals surface area contributed by atoms with Crippen LogP contribution in [0.15, 0.2) is 194 Å². The van der Waals surface area contributed by atoms with Crippen LogP contribution in [-0.4, -0.2) is 4.57 Å². The number of allylic oxidation sites excluding steroid dienone is 5. The van der Waals surface area contributed by atoms with Crippen LogP contribution in [0, 0.1) is 0 Å². The van der Waals surface area contributed by atoms with Gasteiger partial charge in [-0.1, -0.05) is 161 Å². The van der Waals surface area contributed by atoms with Gasteiger partial charge in [0.25, 0.3) is 0 Å². The lowest BCUT2D eigenvalue weighted by Gasteiger charge is -2.22. The maximum absolute atomic E-state index is 6.11. The third kappa shape index (κ3) is 5.78. The Morgan fingerprint density at radius 2 is 1.28 bits per heavy atom. The Balaban J connectivity index is 1.06. The molecule has 0 N–H and O–H groups in total. The first-order valence-electron chi connectivity index (χ1n) is 21.2. The normalized spacial score (nSPS) is 14.7. The van der Waals surface area contributed by atoms with Crippen molar-refractivity contribution in [2.45, 2.75) is 32.1 Å². The second-order valence-corrected chi connectivity index (χ2v) is 17.0. The topological polar surface area (TPSA) is 18.1 Å². The monoisotopic (exact) mass is 783 g/mol. The van der Waals surface area contributed by atoms with Gasteiger partial charge in [0, 0.05) is 32.8 Å². The van der Waals surface area contributed by atoms with Crippen molar-refractivity contribution in [2.24, 2.45) is 0 Å². The lowest BCUT2D eigenvalue weighted by molar-refractivity contribution is 0.603. The quantitative estimate of drug-likeness (QED) is 0.140. The summed E-state index contributed by atoms with van der Waals surface area (Å²) in [6, 6.07) is 53.8. The summed E-state index contributed by atoms with van der Waals surface area (Å²) >= 11 is 0. The third-order valence-electron chi connectivity index (χ3n) is 13.4. The molecule has 0 aliphatic heterocycles. The van der Waals surface area contributed by atoms with E-state index in [9.17, 15) is 0 Å². The zero-order valence-electron chi connectivity index (χ0n) is 34.6. The molecule has 0 spiro atoms. The van der Waals surface area contributed by atoms with Crippen LogP contribution in [0.5, 0.6) is 0 Å². The minimum absolute atomic E-state index is 0.0597. The maximum atomic E-state index is 6.11. The number of fused-ring (bicyclic) bond motifs is 8. The highest BCUT2D eigenvalue weighted by atomic mass is 16.3. The van der Waals surface area contributed by atoms with E-state index in [0.717, 1.165) is 74.1 Å². The lowest BCUT2D eigenvalue weighted by Crippen LogP contribution is -2.15. The Hall–Kier alpha value is -7.42. The summed E-state index contributed by atoms with van der Waals surface area (Å²) in [5, 5.41) is 3.42. The molecule has 0 unspecified atom stereocenters. The van der Waals surface area contributed by atoms with Crippen molar-refractivity contribution in [3.63, 3.8) is 0 Å².